The van der Waals surface area contributed by atoms with Gasteiger partial charge in [-0.15, -0.1) is 0 Å². The maximum absolute atomic E-state index is 12.4. The normalized spacial score (nSPS) is 13.3. The predicted molar refractivity (Wildman–Crippen MR) is 112 cm³/mol. The fourth-order valence-corrected chi connectivity index (χ4v) is 3.70. The monoisotopic (exact) mass is 415 g/mol. The number of ether oxygens (including phenoxy) is 1. The van der Waals surface area contributed by atoms with Crippen molar-refractivity contribution in [2.45, 2.75) is 26.0 Å². The second kappa shape index (κ2) is 8.29. The van der Waals surface area contributed by atoms with E-state index in [4.69, 9.17) is 32.4 Å². The summed E-state index contributed by atoms with van der Waals surface area (Å²) in [5, 5.41) is 0.931. The van der Waals surface area contributed by atoms with E-state index in [-0.39, 0.29) is 17.8 Å². The molecule has 4 rings (SSSR count). The van der Waals surface area contributed by atoms with Crippen molar-refractivity contribution in [3.8, 4) is 5.75 Å². The smallest absolute Gasteiger partial charge is 0.227 e. The van der Waals surface area contributed by atoms with Gasteiger partial charge in [0.1, 0.15) is 18.6 Å². The number of benzene rings is 2. The van der Waals surface area contributed by atoms with Crippen LogP contribution >= 0.6 is 23.2 Å². The van der Waals surface area contributed by atoms with E-state index in [9.17, 15) is 4.79 Å². The molecule has 2 aromatic carbocycles. The summed E-state index contributed by atoms with van der Waals surface area (Å²) in [6.45, 7) is 1.70. The first-order valence-electron chi connectivity index (χ1n) is 9.11. The van der Waals surface area contributed by atoms with Gasteiger partial charge in [0.25, 0.3) is 0 Å². The van der Waals surface area contributed by atoms with Gasteiger partial charge in [0, 0.05) is 18.3 Å². The van der Waals surface area contributed by atoms with Gasteiger partial charge < -0.3 is 14.1 Å². The second-order valence-electron chi connectivity index (χ2n) is 6.77. The van der Waals surface area contributed by atoms with Crippen molar-refractivity contribution >= 4 is 28.9 Å². The number of hydrogen-bond acceptors (Lipinski definition) is 4. The van der Waals surface area contributed by atoms with E-state index in [1.165, 1.54) is 23.6 Å². The third kappa shape index (κ3) is 4.18. The van der Waals surface area contributed by atoms with E-state index in [0.717, 1.165) is 24.9 Å². The molecule has 0 amide bonds. The largest absolute Gasteiger partial charge is 0.482 e. The highest BCUT2D eigenvalue weighted by atomic mass is 35.5. The van der Waals surface area contributed by atoms with Gasteiger partial charge in [0.05, 0.1) is 16.6 Å². The lowest BCUT2D eigenvalue weighted by Gasteiger charge is -2.30. The Morgan fingerprint density at radius 2 is 1.93 bits per heavy atom. The molecule has 4 nitrogen and oxygen atoms in total. The van der Waals surface area contributed by atoms with Crippen LogP contribution in [0.1, 0.15) is 23.3 Å². The number of nitrogens with zero attached hydrogens (tertiary/aromatic N) is 1. The predicted octanol–water partition coefficient (Wildman–Crippen LogP) is 5.48. The van der Waals surface area contributed by atoms with Crippen molar-refractivity contribution in [3.63, 3.8) is 0 Å². The third-order valence-electron chi connectivity index (χ3n) is 4.78. The Balaban J connectivity index is 1.45. The molecule has 0 aliphatic carbocycles. The summed E-state index contributed by atoms with van der Waals surface area (Å²) in [6.07, 6.45) is 3.55. The minimum atomic E-state index is -0.202. The van der Waals surface area contributed by atoms with Crippen LogP contribution in [0.25, 0.3) is 0 Å². The van der Waals surface area contributed by atoms with Crippen LogP contribution in [0.2, 0.25) is 10.0 Å². The number of fused-ring (bicyclic) bond motifs is 1. The first-order valence-corrected chi connectivity index (χ1v) is 9.87. The minimum absolute atomic E-state index is 0.175. The van der Waals surface area contributed by atoms with Gasteiger partial charge in [-0.3, -0.25) is 4.79 Å². The van der Waals surface area contributed by atoms with E-state index >= 15 is 0 Å². The van der Waals surface area contributed by atoms with E-state index in [0.29, 0.717) is 22.4 Å². The quantitative estimate of drug-likeness (QED) is 0.553. The van der Waals surface area contributed by atoms with Gasteiger partial charge in [-0.2, -0.15) is 0 Å². The number of anilines is 1. The van der Waals surface area contributed by atoms with Crippen molar-refractivity contribution in [3.05, 3.63) is 91.9 Å². The van der Waals surface area contributed by atoms with E-state index in [1.807, 2.05) is 6.07 Å². The molecule has 1 aliphatic heterocycles. The van der Waals surface area contributed by atoms with Gasteiger partial charge in [0.2, 0.25) is 11.2 Å². The molecule has 0 saturated carbocycles. The highest BCUT2D eigenvalue weighted by Crippen LogP contribution is 2.28. The van der Waals surface area contributed by atoms with Crippen LogP contribution < -0.4 is 15.1 Å². The van der Waals surface area contributed by atoms with Crippen molar-refractivity contribution in [1.29, 1.82) is 0 Å². The molecule has 0 fully saturated rings. The molecule has 0 unspecified atom stereocenters. The minimum Gasteiger partial charge on any atom is -0.482 e. The van der Waals surface area contributed by atoms with Gasteiger partial charge in [0.15, 0.2) is 0 Å². The van der Waals surface area contributed by atoms with Gasteiger partial charge in [-0.05, 0) is 42.2 Å². The van der Waals surface area contributed by atoms with Crippen LogP contribution in [0, 0.1) is 0 Å². The number of aryl methyl sites for hydroxylation is 1. The average molecular weight is 416 g/mol. The zero-order valence-corrected chi connectivity index (χ0v) is 16.7. The summed E-state index contributed by atoms with van der Waals surface area (Å²) in [5.41, 5.74) is 3.16. The van der Waals surface area contributed by atoms with Crippen LogP contribution in [-0.2, 0) is 19.6 Å². The van der Waals surface area contributed by atoms with Crippen LogP contribution in [0.5, 0.6) is 5.75 Å². The number of rotatable bonds is 5. The Labute approximate surface area is 173 Å². The van der Waals surface area contributed by atoms with Crippen molar-refractivity contribution < 1.29 is 9.15 Å². The maximum atomic E-state index is 12.4. The molecule has 0 radical (unpaired) electrons. The third-order valence-corrected chi connectivity index (χ3v) is 5.52. The molecular formula is C22H19Cl2NO3. The lowest BCUT2D eigenvalue weighted by atomic mass is 10.0. The van der Waals surface area contributed by atoms with Crippen molar-refractivity contribution in [1.82, 2.24) is 0 Å². The molecule has 0 atom stereocenters. The Bertz CT molecular complexity index is 1050. The SMILES string of the molecule is O=c1cc(CN2CCCc3ccccc32)occ1OCc1ccc(Cl)c(Cl)c1. The van der Waals surface area contributed by atoms with Crippen molar-refractivity contribution in [2.24, 2.45) is 0 Å². The van der Waals surface area contributed by atoms with Crippen LogP contribution in [-0.4, -0.2) is 6.54 Å². The molecule has 1 aromatic heterocycles. The first kappa shape index (κ1) is 18.9. The molecular weight excluding hydrogens is 397 g/mol. The zero-order chi connectivity index (χ0) is 19.5. The molecule has 0 saturated heterocycles. The molecule has 144 valence electrons. The Hall–Kier alpha value is -2.43. The summed E-state index contributed by atoms with van der Waals surface area (Å²) in [4.78, 5) is 14.7. The van der Waals surface area contributed by atoms with Crippen LogP contribution in [0.4, 0.5) is 5.69 Å². The van der Waals surface area contributed by atoms with Gasteiger partial charge in [-0.25, -0.2) is 0 Å². The molecule has 1 aliphatic rings. The van der Waals surface area contributed by atoms with E-state index in [1.54, 1.807) is 18.2 Å². The van der Waals surface area contributed by atoms with Gasteiger partial charge >= 0.3 is 0 Å². The lowest BCUT2D eigenvalue weighted by molar-refractivity contribution is 0.289. The zero-order valence-electron chi connectivity index (χ0n) is 15.2. The van der Waals surface area contributed by atoms with Crippen LogP contribution in [0.3, 0.4) is 0 Å². The summed E-state index contributed by atoms with van der Waals surface area (Å²) < 4.78 is 11.3. The molecule has 0 spiro atoms. The standard InChI is InChI=1S/C22H19Cl2NO3/c23-18-8-7-15(10-19(18)24)13-28-22-14-27-17(11-21(22)26)12-25-9-3-5-16-4-1-2-6-20(16)25/h1-2,4,6-8,10-11,14H,3,5,9,12-13H2. The Morgan fingerprint density at radius 3 is 2.75 bits per heavy atom. The van der Waals surface area contributed by atoms with E-state index in [2.05, 4.69) is 23.1 Å². The maximum Gasteiger partial charge on any atom is 0.227 e. The van der Waals surface area contributed by atoms with E-state index < -0.39 is 0 Å². The molecule has 0 N–H and O–H groups in total. The molecule has 2 heterocycles. The number of halogens is 2. The Kier molecular flexibility index (Phi) is 5.60. The fourth-order valence-electron chi connectivity index (χ4n) is 3.38. The highest BCUT2D eigenvalue weighted by molar-refractivity contribution is 6.42. The first-order chi connectivity index (χ1) is 13.6. The molecule has 3 aromatic rings. The Morgan fingerprint density at radius 1 is 1.07 bits per heavy atom. The van der Waals surface area contributed by atoms with Crippen LogP contribution in [0.15, 0.2) is 64.0 Å². The highest BCUT2D eigenvalue weighted by Gasteiger charge is 2.17. The second-order valence-corrected chi connectivity index (χ2v) is 7.58. The summed E-state index contributed by atoms with van der Waals surface area (Å²) in [6, 6.07) is 15.1. The molecule has 28 heavy (non-hydrogen) atoms. The van der Waals surface area contributed by atoms with Crippen molar-refractivity contribution in [2.75, 3.05) is 11.4 Å². The number of hydrogen-bond donors (Lipinski definition) is 0. The summed E-state index contributed by atoms with van der Waals surface area (Å²) in [5.74, 6) is 0.789. The molecule has 0 bridgehead atoms. The lowest BCUT2D eigenvalue weighted by Crippen LogP contribution is -2.29. The average Bonchev–Trinajstić information content (AvgIpc) is 2.70. The van der Waals surface area contributed by atoms with Gasteiger partial charge in [-0.1, -0.05) is 47.5 Å². The summed E-state index contributed by atoms with van der Waals surface area (Å²) in [7, 11) is 0. The molecule has 6 heteroatoms. The topological polar surface area (TPSA) is 42.7 Å². The summed E-state index contributed by atoms with van der Waals surface area (Å²) >= 11 is 11.9. The fraction of sp³-hybridized carbons (Fsp3) is 0.227. The number of para-hydroxylation sites is 1.